The lowest BCUT2D eigenvalue weighted by Crippen LogP contribution is -2.49. The number of ether oxygens (including phenoxy) is 1. The second-order valence-electron chi connectivity index (χ2n) is 7.87. The molecule has 5 nitrogen and oxygen atoms in total. The summed E-state index contributed by atoms with van der Waals surface area (Å²) in [6.45, 7) is 0.734. The Bertz CT molecular complexity index is 1060. The van der Waals surface area contributed by atoms with E-state index in [2.05, 4.69) is 21.2 Å². The first kappa shape index (κ1) is 25.8. The second-order valence-corrected chi connectivity index (χ2v) is 9.23. The van der Waals surface area contributed by atoms with E-state index in [1.807, 2.05) is 54.6 Å². The van der Waals surface area contributed by atoms with Gasteiger partial charge < -0.3 is 15.0 Å². The highest BCUT2D eigenvalue weighted by Gasteiger charge is 2.29. The number of benzene rings is 3. The fraction of sp³-hybridized carbons (Fsp3) is 0.259. The van der Waals surface area contributed by atoms with Gasteiger partial charge in [0.1, 0.15) is 11.8 Å². The third kappa shape index (κ3) is 7.89. The Kier molecular flexibility index (Phi) is 9.98. The SMILES string of the molecule is CNC(=O)[C@@H](Cc1ccccc1)N(Cc1ccc(Br)cc1)C(=O)CCCOc1ccc(Cl)cc1. The van der Waals surface area contributed by atoms with E-state index in [0.29, 0.717) is 36.8 Å². The number of likely N-dealkylation sites (N-methyl/N-ethyl adjacent to an activating group) is 1. The number of carbonyl (C=O) groups is 2. The molecule has 1 atom stereocenters. The van der Waals surface area contributed by atoms with Crippen LogP contribution in [0.1, 0.15) is 24.0 Å². The highest BCUT2D eigenvalue weighted by Crippen LogP contribution is 2.19. The summed E-state index contributed by atoms with van der Waals surface area (Å²) in [5.41, 5.74) is 1.95. The van der Waals surface area contributed by atoms with Crippen molar-refractivity contribution in [3.63, 3.8) is 0 Å². The van der Waals surface area contributed by atoms with E-state index in [9.17, 15) is 9.59 Å². The summed E-state index contributed by atoms with van der Waals surface area (Å²) in [6, 6.07) is 24.0. The van der Waals surface area contributed by atoms with Crippen LogP contribution in [0.2, 0.25) is 5.02 Å². The second kappa shape index (κ2) is 13.2. The Labute approximate surface area is 214 Å². The van der Waals surface area contributed by atoms with Gasteiger partial charge in [-0.1, -0.05) is 70.0 Å². The van der Waals surface area contributed by atoms with Gasteiger partial charge in [0.05, 0.1) is 6.61 Å². The minimum atomic E-state index is -0.624. The third-order valence-corrected chi connectivity index (χ3v) is 6.18. The third-order valence-electron chi connectivity index (χ3n) is 5.40. The van der Waals surface area contributed by atoms with E-state index < -0.39 is 6.04 Å². The lowest BCUT2D eigenvalue weighted by Gasteiger charge is -2.31. The van der Waals surface area contributed by atoms with Crippen molar-refractivity contribution in [3.05, 3.63) is 99.5 Å². The molecule has 178 valence electrons. The summed E-state index contributed by atoms with van der Waals surface area (Å²) in [6.07, 6.45) is 1.24. The van der Waals surface area contributed by atoms with Crippen LogP contribution in [0.25, 0.3) is 0 Å². The zero-order valence-electron chi connectivity index (χ0n) is 19.0. The van der Waals surface area contributed by atoms with Crippen molar-refractivity contribution in [1.82, 2.24) is 10.2 Å². The fourth-order valence-corrected chi connectivity index (χ4v) is 3.99. The highest BCUT2D eigenvalue weighted by molar-refractivity contribution is 9.10. The molecule has 0 bridgehead atoms. The van der Waals surface area contributed by atoms with Crippen LogP contribution in [0, 0.1) is 0 Å². The molecular formula is C27H28BrClN2O3. The standard InChI is InChI=1S/C27H28BrClN2O3/c1-30-27(33)25(18-20-6-3-2-4-7-20)31(19-21-9-11-22(28)12-10-21)26(32)8-5-17-34-24-15-13-23(29)14-16-24/h2-4,6-7,9-16,25H,5,8,17-19H2,1H3,(H,30,33)/t25-/m1/s1. The normalized spacial score (nSPS) is 11.5. The van der Waals surface area contributed by atoms with E-state index in [-0.39, 0.29) is 18.2 Å². The molecular weight excluding hydrogens is 516 g/mol. The highest BCUT2D eigenvalue weighted by atomic mass is 79.9. The molecule has 3 aromatic carbocycles. The van der Waals surface area contributed by atoms with Crippen LogP contribution in [0.4, 0.5) is 0 Å². The Balaban J connectivity index is 1.73. The molecule has 0 heterocycles. The van der Waals surface area contributed by atoms with Crippen molar-refractivity contribution >= 4 is 39.3 Å². The summed E-state index contributed by atoms with van der Waals surface area (Å²) in [5.74, 6) is 0.426. The summed E-state index contributed by atoms with van der Waals surface area (Å²) in [5, 5.41) is 3.38. The molecule has 0 fully saturated rings. The molecule has 1 N–H and O–H groups in total. The molecule has 7 heteroatoms. The summed E-state index contributed by atoms with van der Waals surface area (Å²) < 4.78 is 6.69. The van der Waals surface area contributed by atoms with E-state index in [1.54, 1.807) is 36.2 Å². The number of nitrogens with zero attached hydrogens (tertiary/aromatic N) is 1. The van der Waals surface area contributed by atoms with Gasteiger partial charge in [-0.3, -0.25) is 9.59 Å². The van der Waals surface area contributed by atoms with Gasteiger partial charge in [0.15, 0.2) is 0 Å². The number of rotatable bonds is 11. The monoisotopic (exact) mass is 542 g/mol. The van der Waals surface area contributed by atoms with Crippen molar-refractivity contribution in [3.8, 4) is 5.75 Å². The van der Waals surface area contributed by atoms with Crippen molar-refractivity contribution in [1.29, 1.82) is 0 Å². The van der Waals surface area contributed by atoms with Gasteiger partial charge in [0, 0.05) is 35.9 Å². The lowest BCUT2D eigenvalue weighted by atomic mass is 10.0. The number of hydrogen-bond acceptors (Lipinski definition) is 3. The van der Waals surface area contributed by atoms with Crippen LogP contribution in [-0.2, 0) is 22.6 Å². The summed E-state index contributed by atoms with van der Waals surface area (Å²) >= 11 is 9.36. The molecule has 0 aromatic heterocycles. The first-order valence-electron chi connectivity index (χ1n) is 11.1. The number of hydrogen-bond donors (Lipinski definition) is 1. The van der Waals surface area contributed by atoms with Gasteiger partial charge in [0.25, 0.3) is 0 Å². The Morgan fingerprint density at radius 2 is 1.65 bits per heavy atom. The maximum Gasteiger partial charge on any atom is 0.242 e. The molecule has 0 aliphatic rings. The predicted molar refractivity (Wildman–Crippen MR) is 139 cm³/mol. The van der Waals surface area contributed by atoms with Crippen molar-refractivity contribution < 1.29 is 14.3 Å². The van der Waals surface area contributed by atoms with Crippen LogP contribution in [0.15, 0.2) is 83.3 Å². The van der Waals surface area contributed by atoms with Crippen LogP contribution in [0.3, 0.4) is 0 Å². The van der Waals surface area contributed by atoms with E-state index in [0.717, 1.165) is 15.6 Å². The van der Waals surface area contributed by atoms with Gasteiger partial charge in [-0.05, 0) is 53.9 Å². The Hall–Kier alpha value is -2.83. The quantitative estimate of drug-likeness (QED) is 0.318. The van der Waals surface area contributed by atoms with E-state index in [1.165, 1.54) is 0 Å². The van der Waals surface area contributed by atoms with Gasteiger partial charge in [-0.15, -0.1) is 0 Å². The number of amides is 2. The van der Waals surface area contributed by atoms with Crippen LogP contribution < -0.4 is 10.1 Å². The Morgan fingerprint density at radius 1 is 0.971 bits per heavy atom. The van der Waals surface area contributed by atoms with E-state index in [4.69, 9.17) is 16.3 Å². The molecule has 3 aromatic rings. The first-order chi connectivity index (χ1) is 16.5. The fourth-order valence-electron chi connectivity index (χ4n) is 3.59. The van der Waals surface area contributed by atoms with Crippen molar-refractivity contribution in [2.75, 3.05) is 13.7 Å². The smallest absolute Gasteiger partial charge is 0.242 e. The van der Waals surface area contributed by atoms with Crippen molar-refractivity contribution in [2.45, 2.75) is 31.8 Å². The molecule has 0 aliphatic heterocycles. The van der Waals surface area contributed by atoms with Gasteiger partial charge >= 0.3 is 0 Å². The minimum absolute atomic E-state index is 0.0906. The lowest BCUT2D eigenvalue weighted by molar-refractivity contribution is -0.141. The number of halogens is 2. The molecule has 0 unspecified atom stereocenters. The summed E-state index contributed by atoms with van der Waals surface area (Å²) in [7, 11) is 1.60. The maximum absolute atomic E-state index is 13.4. The Morgan fingerprint density at radius 3 is 2.29 bits per heavy atom. The van der Waals surface area contributed by atoms with Gasteiger partial charge in [0.2, 0.25) is 11.8 Å². The number of nitrogens with one attached hydrogen (secondary N) is 1. The minimum Gasteiger partial charge on any atom is -0.494 e. The maximum atomic E-state index is 13.4. The predicted octanol–water partition coefficient (Wildman–Crippen LogP) is 5.65. The zero-order chi connectivity index (χ0) is 24.3. The molecule has 0 spiro atoms. The molecule has 0 saturated heterocycles. The average molecular weight is 544 g/mol. The zero-order valence-corrected chi connectivity index (χ0v) is 21.4. The van der Waals surface area contributed by atoms with E-state index >= 15 is 0 Å². The average Bonchev–Trinajstić information content (AvgIpc) is 2.86. The van der Waals surface area contributed by atoms with Gasteiger partial charge in [-0.2, -0.15) is 0 Å². The van der Waals surface area contributed by atoms with Crippen LogP contribution in [-0.4, -0.2) is 36.4 Å². The molecule has 2 amide bonds. The molecule has 0 aliphatic carbocycles. The molecule has 0 radical (unpaired) electrons. The first-order valence-corrected chi connectivity index (χ1v) is 12.3. The summed E-state index contributed by atoms with van der Waals surface area (Å²) in [4.78, 5) is 28.0. The van der Waals surface area contributed by atoms with Crippen LogP contribution in [0.5, 0.6) is 5.75 Å². The van der Waals surface area contributed by atoms with Crippen molar-refractivity contribution in [2.24, 2.45) is 0 Å². The topological polar surface area (TPSA) is 58.6 Å². The largest absolute Gasteiger partial charge is 0.494 e. The molecule has 34 heavy (non-hydrogen) atoms. The molecule has 0 saturated carbocycles. The van der Waals surface area contributed by atoms with Gasteiger partial charge in [-0.25, -0.2) is 0 Å². The molecule has 3 rings (SSSR count). The van der Waals surface area contributed by atoms with Crippen LogP contribution >= 0.6 is 27.5 Å². The number of carbonyl (C=O) groups excluding carboxylic acids is 2.